The van der Waals surface area contributed by atoms with Gasteiger partial charge in [0.1, 0.15) is 0 Å². The molecule has 0 aromatic heterocycles. The zero-order valence-electron chi connectivity index (χ0n) is 10.1. The lowest BCUT2D eigenvalue weighted by Crippen LogP contribution is -2.40. The normalized spacial score (nSPS) is 34.8. The van der Waals surface area contributed by atoms with E-state index >= 15 is 0 Å². The van der Waals surface area contributed by atoms with Crippen LogP contribution in [0.4, 0.5) is 0 Å². The number of likely N-dealkylation sites (tertiary alicyclic amines) is 1. The standard InChI is InChI=1S/C13H26N2/c1-2-11-6-8-15(9-7-11)10-12-4-3-5-13(12)14/h11-13H,2-10,14H2,1H3. The molecule has 1 saturated heterocycles. The van der Waals surface area contributed by atoms with Crippen LogP contribution in [0, 0.1) is 11.8 Å². The van der Waals surface area contributed by atoms with Crippen molar-refractivity contribution in [1.29, 1.82) is 0 Å². The summed E-state index contributed by atoms with van der Waals surface area (Å²) in [5, 5.41) is 0. The molecular weight excluding hydrogens is 184 g/mol. The summed E-state index contributed by atoms with van der Waals surface area (Å²) < 4.78 is 0. The Balaban J connectivity index is 1.72. The average molecular weight is 210 g/mol. The van der Waals surface area contributed by atoms with Crippen LogP contribution in [0.5, 0.6) is 0 Å². The Morgan fingerprint density at radius 3 is 2.40 bits per heavy atom. The molecule has 0 aromatic rings. The summed E-state index contributed by atoms with van der Waals surface area (Å²) in [6.45, 7) is 6.24. The van der Waals surface area contributed by atoms with Gasteiger partial charge in [-0.3, -0.25) is 0 Å². The Hall–Kier alpha value is -0.0800. The van der Waals surface area contributed by atoms with Crippen LogP contribution in [0.3, 0.4) is 0 Å². The Labute approximate surface area is 94.2 Å². The molecule has 1 saturated carbocycles. The average Bonchev–Trinajstić information content (AvgIpc) is 2.66. The van der Waals surface area contributed by atoms with Crippen molar-refractivity contribution in [1.82, 2.24) is 4.90 Å². The number of rotatable bonds is 3. The maximum Gasteiger partial charge on any atom is 0.00793 e. The molecule has 2 heteroatoms. The van der Waals surface area contributed by atoms with Crippen molar-refractivity contribution < 1.29 is 0 Å². The molecule has 0 aromatic carbocycles. The fraction of sp³-hybridized carbons (Fsp3) is 1.00. The van der Waals surface area contributed by atoms with Crippen molar-refractivity contribution in [2.45, 2.75) is 51.5 Å². The van der Waals surface area contributed by atoms with E-state index in [1.807, 2.05) is 0 Å². The van der Waals surface area contributed by atoms with Gasteiger partial charge in [-0.2, -0.15) is 0 Å². The van der Waals surface area contributed by atoms with Crippen molar-refractivity contribution in [2.75, 3.05) is 19.6 Å². The Morgan fingerprint density at radius 2 is 1.87 bits per heavy atom. The maximum atomic E-state index is 6.12. The van der Waals surface area contributed by atoms with E-state index in [1.54, 1.807) is 0 Å². The number of piperidine rings is 1. The summed E-state index contributed by atoms with van der Waals surface area (Å²) in [5.74, 6) is 1.79. The molecule has 88 valence electrons. The first-order valence-corrected chi connectivity index (χ1v) is 6.77. The molecule has 0 radical (unpaired) electrons. The third-order valence-electron chi connectivity index (χ3n) is 4.50. The Kier molecular flexibility index (Phi) is 4.04. The molecule has 0 amide bonds. The molecule has 2 rings (SSSR count). The van der Waals surface area contributed by atoms with Crippen LogP contribution >= 0.6 is 0 Å². The first kappa shape index (κ1) is 11.4. The van der Waals surface area contributed by atoms with Crippen LogP contribution in [-0.4, -0.2) is 30.6 Å². The molecule has 1 aliphatic heterocycles. The third kappa shape index (κ3) is 2.94. The fourth-order valence-electron chi connectivity index (χ4n) is 3.20. The van der Waals surface area contributed by atoms with Gasteiger partial charge in [0.25, 0.3) is 0 Å². The van der Waals surface area contributed by atoms with Gasteiger partial charge in [0.15, 0.2) is 0 Å². The van der Waals surface area contributed by atoms with E-state index < -0.39 is 0 Å². The first-order valence-electron chi connectivity index (χ1n) is 6.77. The van der Waals surface area contributed by atoms with Crippen LogP contribution in [0.15, 0.2) is 0 Å². The summed E-state index contributed by atoms with van der Waals surface area (Å²) in [6, 6.07) is 0.494. The van der Waals surface area contributed by atoms with E-state index in [0.717, 1.165) is 11.8 Å². The van der Waals surface area contributed by atoms with E-state index in [0.29, 0.717) is 6.04 Å². The smallest absolute Gasteiger partial charge is 0.00793 e. The van der Waals surface area contributed by atoms with E-state index in [2.05, 4.69) is 11.8 Å². The molecule has 2 nitrogen and oxygen atoms in total. The second-order valence-electron chi connectivity index (χ2n) is 5.51. The molecule has 0 spiro atoms. The minimum Gasteiger partial charge on any atom is -0.327 e. The molecular formula is C13H26N2. The number of hydrogen-bond donors (Lipinski definition) is 1. The Morgan fingerprint density at radius 1 is 1.13 bits per heavy atom. The van der Waals surface area contributed by atoms with Gasteiger partial charge in [-0.1, -0.05) is 19.8 Å². The minimum absolute atomic E-state index is 0.494. The summed E-state index contributed by atoms with van der Waals surface area (Å²) in [7, 11) is 0. The van der Waals surface area contributed by atoms with Gasteiger partial charge in [0, 0.05) is 12.6 Å². The third-order valence-corrected chi connectivity index (χ3v) is 4.50. The van der Waals surface area contributed by atoms with Crippen molar-refractivity contribution in [3.8, 4) is 0 Å². The molecule has 1 heterocycles. The molecule has 2 fully saturated rings. The van der Waals surface area contributed by atoms with Gasteiger partial charge < -0.3 is 10.6 Å². The SMILES string of the molecule is CCC1CCN(CC2CCCC2N)CC1. The van der Waals surface area contributed by atoms with Gasteiger partial charge in [0.05, 0.1) is 0 Å². The number of hydrogen-bond acceptors (Lipinski definition) is 2. The lowest BCUT2D eigenvalue weighted by molar-refractivity contribution is 0.155. The molecule has 1 aliphatic carbocycles. The monoisotopic (exact) mass is 210 g/mol. The maximum absolute atomic E-state index is 6.12. The highest BCUT2D eigenvalue weighted by Gasteiger charge is 2.27. The predicted octanol–water partition coefficient (Wildman–Crippen LogP) is 2.24. The van der Waals surface area contributed by atoms with Crippen molar-refractivity contribution in [2.24, 2.45) is 17.6 Å². The second-order valence-corrected chi connectivity index (χ2v) is 5.51. The highest BCUT2D eigenvalue weighted by molar-refractivity contribution is 4.84. The summed E-state index contributed by atoms with van der Waals surface area (Å²) in [4.78, 5) is 2.65. The lowest BCUT2D eigenvalue weighted by atomic mass is 9.93. The topological polar surface area (TPSA) is 29.3 Å². The van der Waals surface area contributed by atoms with Crippen LogP contribution in [0.2, 0.25) is 0 Å². The molecule has 15 heavy (non-hydrogen) atoms. The molecule has 0 bridgehead atoms. The second kappa shape index (κ2) is 5.31. The summed E-state index contributed by atoms with van der Waals surface area (Å²) in [6.07, 6.45) is 8.19. The van der Waals surface area contributed by atoms with Crippen molar-refractivity contribution in [3.63, 3.8) is 0 Å². The van der Waals surface area contributed by atoms with Gasteiger partial charge in [-0.25, -0.2) is 0 Å². The first-order chi connectivity index (χ1) is 7.29. The molecule has 2 aliphatic rings. The predicted molar refractivity (Wildman–Crippen MR) is 64.8 cm³/mol. The van der Waals surface area contributed by atoms with Crippen molar-refractivity contribution in [3.05, 3.63) is 0 Å². The molecule has 2 N–H and O–H groups in total. The fourth-order valence-corrected chi connectivity index (χ4v) is 3.20. The van der Waals surface area contributed by atoms with Crippen LogP contribution in [0.25, 0.3) is 0 Å². The van der Waals surface area contributed by atoms with E-state index in [1.165, 1.54) is 58.2 Å². The molecule has 2 atom stereocenters. The summed E-state index contributed by atoms with van der Waals surface area (Å²) >= 11 is 0. The van der Waals surface area contributed by atoms with Crippen LogP contribution < -0.4 is 5.73 Å². The lowest BCUT2D eigenvalue weighted by Gasteiger charge is -2.34. The van der Waals surface area contributed by atoms with Gasteiger partial charge in [0.2, 0.25) is 0 Å². The van der Waals surface area contributed by atoms with Gasteiger partial charge in [-0.05, 0) is 50.6 Å². The number of nitrogens with two attached hydrogens (primary N) is 1. The largest absolute Gasteiger partial charge is 0.327 e. The van der Waals surface area contributed by atoms with Gasteiger partial charge in [-0.15, -0.1) is 0 Å². The quantitative estimate of drug-likeness (QED) is 0.774. The minimum atomic E-state index is 0.494. The highest BCUT2D eigenvalue weighted by atomic mass is 15.1. The van der Waals surface area contributed by atoms with E-state index in [4.69, 9.17) is 5.73 Å². The highest BCUT2D eigenvalue weighted by Crippen LogP contribution is 2.27. The number of nitrogens with zero attached hydrogens (tertiary/aromatic N) is 1. The van der Waals surface area contributed by atoms with Crippen LogP contribution in [0.1, 0.15) is 45.4 Å². The van der Waals surface area contributed by atoms with Crippen LogP contribution in [-0.2, 0) is 0 Å². The molecule has 2 unspecified atom stereocenters. The van der Waals surface area contributed by atoms with E-state index in [9.17, 15) is 0 Å². The zero-order chi connectivity index (χ0) is 10.7. The van der Waals surface area contributed by atoms with E-state index in [-0.39, 0.29) is 0 Å². The zero-order valence-corrected chi connectivity index (χ0v) is 10.1. The Bertz CT molecular complexity index is 185. The van der Waals surface area contributed by atoms with Crippen molar-refractivity contribution >= 4 is 0 Å². The van der Waals surface area contributed by atoms with Gasteiger partial charge >= 0.3 is 0 Å². The summed E-state index contributed by atoms with van der Waals surface area (Å²) in [5.41, 5.74) is 6.12.